The normalized spacial score (nSPS) is 30.5. The van der Waals surface area contributed by atoms with Gasteiger partial charge in [0.15, 0.2) is 11.6 Å². The molecule has 0 saturated carbocycles. The maximum Gasteiger partial charge on any atom is 0.182 e. The first-order chi connectivity index (χ1) is 8.06. The molecule has 2 aliphatic carbocycles. The quantitative estimate of drug-likeness (QED) is 0.686. The number of ketones is 2. The van der Waals surface area contributed by atoms with Crippen LogP contribution in [0.2, 0.25) is 0 Å². The molecule has 0 spiro atoms. The summed E-state index contributed by atoms with van der Waals surface area (Å²) in [6.45, 7) is 6.39. The molecule has 0 N–H and O–H groups in total. The molecular formula is C15H20O2. The molecule has 0 radical (unpaired) electrons. The molecule has 0 aromatic carbocycles. The predicted molar refractivity (Wildman–Crippen MR) is 67.5 cm³/mol. The van der Waals surface area contributed by atoms with Crippen molar-refractivity contribution in [1.82, 2.24) is 0 Å². The van der Waals surface area contributed by atoms with Crippen molar-refractivity contribution in [1.29, 1.82) is 0 Å². The first-order valence-corrected chi connectivity index (χ1v) is 6.57. The highest BCUT2D eigenvalue weighted by molar-refractivity contribution is 6.20. The minimum absolute atomic E-state index is 0.0557. The van der Waals surface area contributed by atoms with E-state index >= 15 is 0 Å². The summed E-state index contributed by atoms with van der Waals surface area (Å²) in [5, 5.41) is 0. The summed E-state index contributed by atoms with van der Waals surface area (Å²) in [5.41, 5.74) is 1.62. The van der Waals surface area contributed by atoms with Crippen LogP contribution in [0.15, 0.2) is 23.3 Å². The smallest absolute Gasteiger partial charge is 0.182 e. The van der Waals surface area contributed by atoms with Gasteiger partial charge in [-0.25, -0.2) is 0 Å². The van der Waals surface area contributed by atoms with E-state index in [2.05, 4.69) is 20.8 Å². The summed E-state index contributed by atoms with van der Waals surface area (Å²) in [4.78, 5) is 24.0. The second-order valence-electron chi connectivity index (χ2n) is 5.36. The lowest BCUT2D eigenvalue weighted by Gasteiger charge is -2.35. The molecule has 0 heterocycles. The molecule has 3 atom stereocenters. The summed E-state index contributed by atoms with van der Waals surface area (Å²) in [6, 6.07) is 0. The molecule has 0 amide bonds. The molecule has 0 bridgehead atoms. The van der Waals surface area contributed by atoms with Gasteiger partial charge in [-0.1, -0.05) is 27.2 Å². The van der Waals surface area contributed by atoms with Gasteiger partial charge in [0, 0.05) is 11.1 Å². The minimum Gasteiger partial charge on any atom is -0.290 e. The van der Waals surface area contributed by atoms with Crippen molar-refractivity contribution in [3.8, 4) is 0 Å². The maximum atomic E-state index is 12.1. The van der Waals surface area contributed by atoms with Crippen molar-refractivity contribution in [2.45, 2.75) is 40.0 Å². The van der Waals surface area contributed by atoms with Crippen LogP contribution in [0.1, 0.15) is 40.0 Å². The molecule has 0 saturated heterocycles. The van der Waals surface area contributed by atoms with Crippen LogP contribution in [0.3, 0.4) is 0 Å². The fourth-order valence-corrected chi connectivity index (χ4v) is 3.06. The van der Waals surface area contributed by atoms with Crippen molar-refractivity contribution >= 4 is 11.6 Å². The Morgan fingerprint density at radius 2 is 1.76 bits per heavy atom. The van der Waals surface area contributed by atoms with Gasteiger partial charge in [-0.05, 0) is 42.7 Å². The zero-order valence-electron chi connectivity index (χ0n) is 10.8. The summed E-state index contributed by atoms with van der Waals surface area (Å²) in [6.07, 6.45) is 6.02. The monoisotopic (exact) mass is 232 g/mol. The van der Waals surface area contributed by atoms with Crippen LogP contribution in [0, 0.1) is 17.8 Å². The number of carbonyl (C=O) groups excluding carboxylic acids is 2. The molecule has 2 nitrogen and oxygen atoms in total. The second kappa shape index (κ2) is 4.59. The first kappa shape index (κ1) is 12.3. The van der Waals surface area contributed by atoms with Crippen molar-refractivity contribution in [2.24, 2.45) is 17.8 Å². The molecule has 3 unspecified atom stereocenters. The van der Waals surface area contributed by atoms with E-state index in [-0.39, 0.29) is 23.4 Å². The Labute approximate surface area is 103 Å². The van der Waals surface area contributed by atoms with Crippen molar-refractivity contribution < 1.29 is 9.59 Å². The van der Waals surface area contributed by atoms with Gasteiger partial charge in [-0.15, -0.1) is 0 Å². The van der Waals surface area contributed by atoms with Gasteiger partial charge in [-0.2, -0.15) is 0 Å². The lowest BCUT2D eigenvalue weighted by atomic mass is 9.68. The van der Waals surface area contributed by atoms with Crippen molar-refractivity contribution in [3.63, 3.8) is 0 Å². The summed E-state index contributed by atoms with van der Waals surface area (Å²) in [7, 11) is 0. The second-order valence-corrected chi connectivity index (χ2v) is 5.36. The predicted octanol–water partition coefficient (Wildman–Crippen LogP) is 3.08. The number of hydrogen-bond donors (Lipinski definition) is 0. The standard InChI is InChI=1S/C15H20O2/c1-4-9(2)11-6-5-10(3)14-12(16)7-8-13(17)15(11)14/h7-11H,4-6H2,1-3H3. The Balaban J connectivity index is 2.47. The lowest BCUT2D eigenvalue weighted by molar-refractivity contribution is -0.116. The van der Waals surface area contributed by atoms with Gasteiger partial charge in [0.2, 0.25) is 0 Å². The SMILES string of the molecule is CCC(C)C1CCC(C)C2=C1C(=O)C=CC2=O. The third-order valence-electron chi connectivity index (χ3n) is 4.31. The first-order valence-electron chi connectivity index (χ1n) is 6.57. The maximum absolute atomic E-state index is 12.1. The summed E-state index contributed by atoms with van der Waals surface area (Å²) >= 11 is 0. The zero-order valence-corrected chi connectivity index (χ0v) is 10.8. The van der Waals surface area contributed by atoms with Crippen LogP contribution in [0.4, 0.5) is 0 Å². The van der Waals surface area contributed by atoms with E-state index < -0.39 is 0 Å². The zero-order chi connectivity index (χ0) is 12.6. The number of rotatable bonds is 2. The average Bonchev–Trinajstić information content (AvgIpc) is 2.33. The van der Waals surface area contributed by atoms with E-state index in [0.717, 1.165) is 30.4 Å². The van der Waals surface area contributed by atoms with Crippen molar-refractivity contribution in [2.75, 3.05) is 0 Å². The van der Waals surface area contributed by atoms with Crippen LogP contribution in [0.5, 0.6) is 0 Å². The number of hydrogen-bond acceptors (Lipinski definition) is 2. The third-order valence-corrected chi connectivity index (χ3v) is 4.31. The fourth-order valence-electron chi connectivity index (χ4n) is 3.06. The largest absolute Gasteiger partial charge is 0.290 e. The molecular weight excluding hydrogens is 212 g/mol. The topological polar surface area (TPSA) is 34.1 Å². The molecule has 92 valence electrons. The molecule has 0 aromatic rings. The van der Waals surface area contributed by atoms with E-state index in [0.29, 0.717) is 5.92 Å². The molecule has 17 heavy (non-hydrogen) atoms. The van der Waals surface area contributed by atoms with E-state index in [1.165, 1.54) is 12.2 Å². The van der Waals surface area contributed by atoms with Crippen LogP contribution in [-0.4, -0.2) is 11.6 Å². The van der Waals surface area contributed by atoms with E-state index in [9.17, 15) is 9.59 Å². The highest BCUT2D eigenvalue weighted by Gasteiger charge is 2.37. The number of allylic oxidation sites excluding steroid dienone is 4. The van der Waals surface area contributed by atoms with Crippen LogP contribution < -0.4 is 0 Å². The Hall–Kier alpha value is -1.18. The van der Waals surface area contributed by atoms with E-state index in [4.69, 9.17) is 0 Å². The highest BCUT2D eigenvalue weighted by Crippen LogP contribution is 2.41. The molecule has 0 aromatic heterocycles. The van der Waals surface area contributed by atoms with Gasteiger partial charge in [-0.3, -0.25) is 9.59 Å². The van der Waals surface area contributed by atoms with E-state index in [1.807, 2.05) is 0 Å². The molecule has 2 rings (SSSR count). The summed E-state index contributed by atoms with van der Waals surface area (Å²) < 4.78 is 0. The van der Waals surface area contributed by atoms with E-state index in [1.54, 1.807) is 0 Å². The highest BCUT2D eigenvalue weighted by atomic mass is 16.1. The van der Waals surface area contributed by atoms with Gasteiger partial charge >= 0.3 is 0 Å². The summed E-state index contributed by atoms with van der Waals surface area (Å²) in [5.74, 6) is 1.13. The van der Waals surface area contributed by atoms with Gasteiger partial charge in [0.1, 0.15) is 0 Å². The Morgan fingerprint density at radius 1 is 1.18 bits per heavy atom. The van der Waals surface area contributed by atoms with Gasteiger partial charge in [0.25, 0.3) is 0 Å². The van der Waals surface area contributed by atoms with Crippen LogP contribution in [-0.2, 0) is 9.59 Å². The van der Waals surface area contributed by atoms with Crippen molar-refractivity contribution in [3.05, 3.63) is 23.3 Å². The molecule has 0 fully saturated rings. The Morgan fingerprint density at radius 3 is 2.35 bits per heavy atom. The fraction of sp³-hybridized carbons (Fsp3) is 0.600. The van der Waals surface area contributed by atoms with Gasteiger partial charge in [0.05, 0.1) is 0 Å². The van der Waals surface area contributed by atoms with Crippen LogP contribution >= 0.6 is 0 Å². The molecule has 2 heteroatoms. The molecule has 2 aliphatic rings. The Kier molecular flexibility index (Phi) is 3.32. The van der Waals surface area contributed by atoms with Crippen LogP contribution in [0.25, 0.3) is 0 Å². The third kappa shape index (κ3) is 2.01. The average molecular weight is 232 g/mol. The van der Waals surface area contributed by atoms with Gasteiger partial charge < -0.3 is 0 Å². The molecule has 0 aliphatic heterocycles. The Bertz CT molecular complexity index is 415. The minimum atomic E-state index is 0.0557. The number of carbonyl (C=O) groups is 2. The lowest BCUT2D eigenvalue weighted by Crippen LogP contribution is -2.31.